The van der Waals surface area contributed by atoms with E-state index in [1.807, 2.05) is 42.6 Å². The van der Waals surface area contributed by atoms with Crippen LogP contribution in [0.4, 0.5) is 15.2 Å². The number of halogens is 1. The van der Waals surface area contributed by atoms with Crippen molar-refractivity contribution in [3.63, 3.8) is 0 Å². The van der Waals surface area contributed by atoms with Gasteiger partial charge in [-0.25, -0.2) is 14.4 Å². The second-order valence-corrected chi connectivity index (χ2v) is 7.54. The van der Waals surface area contributed by atoms with Crippen LogP contribution < -0.4 is 5.32 Å². The first-order valence-corrected chi connectivity index (χ1v) is 9.93. The summed E-state index contributed by atoms with van der Waals surface area (Å²) in [6.07, 6.45) is 3.55. The summed E-state index contributed by atoms with van der Waals surface area (Å²) >= 11 is 1.54. The Morgan fingerprint density at radius 2 is 1.93 bits per heavy atom. The van der Waals surface area contributed by atoms with E-state index in [1.165, 1.54) is 23.5 Å². The molecule has 7 heteroatoms. The summed E-state index contributed by atoms with van der Waals surface area (Å²) in [5.41, 5.74) is 6.29. The normalized spacial score (nSPS) is 11.1. The fourth-order valence-electron chi connectivity index (χ4n) is 3.17. The van der Waals surface area contributed by atoms with Crippen LogP contribution in [0.2, 0.25) is 0 Å². The van der Waals surface area contributed by atoms with Crippen LogP contribution in [0.5, 0.6) is 0 Å². The van der Waals surface area contributed by atoms with Crippen molar-refractivity contribution in [3.05, 3.63) is 77.7 Å². The minimum Gasteiger partial charge on any atom is -0.338 e. The van der Waals surface area contributed by atoms with Crippen LogP contribution in [0.25, 0.3) is 33.7 Å². The fourth-order valence-corrected chi connectivity index (χ4v) is 3.90. The number of thiazole rings is 1. The van der Waals surface area contributed by atoms with Crippen LogP contribution in [0.15, 0.2) is 66.3 Å². The molecule has 5 nitrogen and oxygen atoms in total. The molecule has 0 amide bonds. The highest BCUT2D eigenvalue weighted by molar-refractivity contribution is 7.14. The van der Waals surface area contributed by atoms with Crippen molar-refractivity contribution < 1.29 is 4.39 Å². The number of H-pyrrole nitrogens is 1. The quantitative estimate of drug-likeness (QED) is 0.391. The van der Waals surface area contributed by atoms with E-state index in [4.69, 9.17) is 0 Å². The van der Waals surface area contributed by atoms with Crippen molar-refractivity contribution in [1.82, 2.24) is 19.9 Å². The third-order valence-electron chi connectivity index (χ3n) is 4.63. The summed E-state index contributed by atoms with van der Waals surface area (Å²) < 4.78 is 13.5. The van der Waals surface area contributed by atoms with Gasteiger partial charge in [0, 0.05) is 34.6 Å². The smallest absolute Gasteiger partial charge is 0.187 e. The number of benzene rings is 2. The molecule has 29 heavy (non-hydrogen) atoms. The first-order chi connectivity index (χ1) is 14.2. The number of hydrogen-bond donors (Lipinski definition) is 2. The lowest BCUT2D eigenvalue weighted by molar-refractivity contribution is 0.628. The SMILES string of the molecule is Cc1cc2[nH]c(-c3cccc(F)c3)nc2cc1Nc1nc(-c2cccnc2)cs1. The zero-order chi connectivity index (χ0) is 19.8. The van der Waals surface area contributed by atoms with Gasteiger partial charge in [0.1, 0.15) is 11.6 Å². The Morgan fingerprint density at radius 3 is 2.76 bits per heavy atom. The molecule has 0 saturated heterocycles. The predicted octanol–water partition coefficient (Wildman–Crippen LogP) is 5.94. The Balaban J connectivity index is 1.46. The lowest BCUT2D eigenvalue weighted by atomic mass is 10.2. The van der Waals surface area contributed by atoms with Crippen molar-refractivity contribution in [2.24, 2.45) is 0 Å². The Morgan fingerprint density at radius 1 is 1.03 bits per heavy atom. The van der Waals surface area contributed by atoms with Crippen molar-refractivity contribution in [1.29, 1.82) is 0 Å². The van der Waals surface area contributed by atoms with Gasteiger partial charge in [0.15, 0.2) is 5.13 Å². The van der Waals surface area contributed by atoms with Crippen LogP contribution in [-0.4, -0.2) is 19.9 Å². The van der Waals surface area contributed by atoms with Gasteiger partial charge in [-0.2, -0.15) is 0 Å². The highest BCUT2D eigenvalue weighted by Gasteiger charge is 2.11. The minimum atomic E-state index is -0.283. The van der Waals surface area contributed by atoms with Crippen LogP contribution in [-0.2, 0) is 0 Å². The molecule has 2 aromatic carbocycles. The molecule has 0 bridgehead atoms. The summed E-state index contributed by atoms with van der Waals surface area (Å²) in [6.45, 7) is 2.03. The maximum absolute atomic E-state index is 13.5. The van der Waals surface area contributed by atoms with E-state index in [1.54, 1.807) is 18.5 Å². The van der Waals surface area contributed by atoms with E-state index in [2.05, 4.69) is 25.3 Å². The molecule has 5 aromatic rings. The van der Waals surface area contributed by atoms with Crippen LogP contribution in [0.3, 0.4) is 0 Å². The number of aromatic amines is 1. The molecule has 0 aliphatic carbocycles. The van der Waals surface area contributed by atoms with E-state index in [0.29, 0.717) is 5.82 Å². The van der Waals surface area contributed by atoms with Gasteiger partial charge in [0.2, 0.25) is 0 Å². The van der Waals surface area contributed by atoms with Crippen molar-refractivity contribution in [2.45, 2.75) is 6.92 Å². The number of nitrogens with zero attached hydrogens (tertiary/aromatic N) is 3. The number of pyridine rings is 1. The molecule has 0 aliphatic heterocycles. The zero-order valence-corrected chi connectivity index (χ0v) is 16.3. The molecular weight excluding hydrogens is 385 g/mol. The minimum absolute atomic E-state index is 0.283. The molecule has 2 N–H and O–H groups in total. The number of aromatic nitrogens is 4. The molecule has 3 heterocycles. The van der Waals surface area contributed by atoms with Crippen molar-refractivity contribution in [3.8, 4) is 22.6 Å². The first-order valence-electron chi connectivity index (χ1n) is 9.05. The van der Waals surface area contributed by atoms with Gasteiger partial charge in [-0.3, -0.25) is 4.98 Å². The number of aryl methyl sites for hydroxylation is 1. The van der Waals surface area contributed by atoms with E-state index < -0.39 is 0 Å². The van der Waals surface area contributed by atoms with Gasteiger partial charge in [-0.1, -0.05) is 12.1 Å². The number of anilines is 2. The van der Waals surface area contributed by atoms with Crippen LogP contribution >= 0.6 is 11.3 Å². The topological polar surface area (TPSA) is 66.5 Å². The lowest BCUT2D eigenvalue weighted by Gasteiger charge is -2.06. The molecule has 0 aliphatic rings. The second-order valence-electron chi connectivity index (χ2n) is 6.68. The number of imidazole rings is 1. The standard InChI is InChI=1S/C22H16FN5S/c1-13-8-18-19(26-21(25-18)14-4-2-6-16(23)9-14)10-17(13)27-22-28-20(12-29-22)15-5-3-7-24-11-15/h2-12H,1H3,(H,25,26)(H,27,28). The maximum atomic E-state index is 13.5. The molecule has 0 atom stereocenters. The van der Waals surface area contributed by atoms with Gasteiger partial charge in [0.05, 0.1) is 16.7 Å². The maximum Gasteiger partial charge on any atom is 0.187 e. The van der Waals surface area contributed by atoms with E-state index in [0.717, 1.165) is 44.2 Å². The lowest BCUT2D eigenvalue weighted by Crippen LogP contribution is -1.93. The molecule has 0 fully saturated rings. The Labute approximate surface area is 170 Å². The second kappa shape index (κ2) is 7.10. The summed E-state index contributed by atoms with van der Waals surface area (Å²) in [6, 6.07) is 14.3. The van der Waals surface area contributed by atoms with Gasteiger partial charge < -0.3 is 10.3 Å². The summed E-state index contributed by atoms with van der Waals surface area (Å²) in [7, 11) is 0. The highest BCUT2D eigenvalue weighted by Crippen LogP contribution is 2.31. The summed E-state index contributed by atoms with van der Waals surface area (Å²) in [4.78, 5) is 16.7. The summed E-state index contributed by atoms with van der Waals surface area (Å²) in [5.74, 6) is 0.360. The molecular formula is C22H16FN5S. The number of nitrogens with one attached hydrogen (secondary N) is 2. The zero-order valence-electron chi connectivity index (χ0n) is 15.5. The van der Waals surface area contributed by atoms with Crippen molar-refractivity contribution >= 4 is 33.2 Å². The Hall–Kier alpha value is -3.58. The largest absolute Gasteiger partial charge is 0.338 e. The molecule has 142 valence electrons. The van der Waals surface area contributed by atoms with Gasteiger partial charge in [-0.15, -0.1) is 11.3 Å². The molecule has 0 spiro atoms. The number of fused-ring (bicyclic) bond motifs is 1. The monoisotopic (exact) mass is 401 g/mol. The van der Waals surface area contributed by atoms with Gasteiger partial charge in [-0.05, 0) is 48.9 Å². The summed E-state index contributed by atoms with van der Waals surface area (Å²) in [5, 5.41) is 6.19. The molecule has 0 radical (unpaired) electrons. The first kappa shape index (κ1) is 17.5. The molecule has 0 saturated carbocycles. The van der Waals surface area contributed by atoms with Crippen molar-refractivity contribution in [2.75, 3.05) is 5.32 Å². The van der Waals surface area contributed by atoms with E-state index in [-0.39, 0.29) is 5.82 Å². The van der Waals surface area contributed by atoms with E-state index >= 15 is 0 Å². The average Bonchev–Trinajstić information content (AvgIpc) is 3.36. The Bertz CT molecular complexity index is 1310. The molecule has 5 rings (SSSR count). The fraction of sp³-hybridized carbons (Fsp3) is 0.0455. The van der Waals surface area contributed by atoms with Gasteiger partial charge >= 0.3 is 0 Å². The number of hydrogen-bond acceptors (Lipinski definition) is 5. The highest BCUT2D eigenvalue weighted by atomic mass is 32.1. The number of rotatable bonds is 4. The molecule has 3 aromatic heterocycles. The third kappa shape index (κ3) is 3.48. The third-order valence-corrected chi connectivity index (χ3v) is 5.39. The van der Waals surface area contributed by atoms with Crippen LogP contribution in [0.1, 0.15) is 5.56 Å². The van der Waals surface area contributed by atoms with Crippen LogP contribution in [0, 0.1) is 12.7 Å². The Kier molecular flexibility index (Phi) is 4.29. The van der Waals surface area contributed by atoms with Gasteiger partial charge in [0.25, 0.3) is 0 Å². The average molecular weight is 401 g/mol. The van der Waals surface area contributed by atoms with E-state index in [9.17, 15) is 4.39 Å². The molecule has 0 unspecified atom stereocenters. The predicted molar refractivity (Wildman–Crippen MR) is 115 cm³/mol.